The fourth-order valence-corrected chi connectivity index (χ4v) is 3.45. The zero-order valence-electron chi connectivity index (χ0n) is 9.84. The minimum absolute atomic E-state index is 0.346. The summed E-state index contributed by atoms with van der Waals surface area (Å²) in [6, 6.07) is 4.28. The van der Waals surface area contributed by atoms with E-state index in [4.69, 9.17) is 27.9 Å². The summed E-state index contributed by atoms with van der Waals surface area (Å²) in [7, 11) is 1.53. The Kier molecular flexibility index (Phi) is 4.15. The lowest BCUT2D eigenvalue weighted by atomic mass is 10.1. The van der Waals surface area contributed by atoms with Gasteiger partial charge in [0.05, 0.1) is 17.5 Å². The van der Waals surface area contributed by atoms with Crippen LogP contribution in [0.2, 0.25) is 5.02 Å². The van der Waals surface area contributed by atoms with E-state index in [-0.39, 0.29) is 5.82 Å². The number of benzene rings is 1. The third-order valence-electron chi connectivity index (χ3n) is 2.62. The van der Waals surface area contributed by atoms with Crippen LogP contribution >= 0.6 is 34.5 Å². The van der Waals surface area contributed by atoms with Gasteiger partial charge in [-0.1, -0.05) is 11.6 Å². The van der Waals surface area contributed by atoms with Crippen molar-refractivity contribution in [3.63, 3.8) is 0 Å². The Hall–Kier alpha value is -0.770. The molecule has 0 aliphatic rings. The smallest absolute Gasteiger partial charge is 0.124 e. The summed E-state index contributed by atoms with van der Waals surface area (Å²) in [5.74, 6) is 0.208. The van der Waals surface area contributed by atoms with Crippen LogP contribution in [0.4, 0.5) is 4.39 Å². The van der Waals surface area contributed by atoms with E-state index in [9.17, 15) is 4.39 Å². The molecule has 0 N–H and O–H groups in total. The standard InChI is InChI=1S/C13H11Cl2FOS/c1-7-6-18-13(11(7)14)12(15)9-5-8(16)3-4-10(9)17-2/h3-6,12H,1-2H3. The molecule has 1 heterocycles. The lowest BCUT2D eigenvalue weighted by Crippen LogP contribution is -1.97. The van der Waals surface area contributed by atoms with Crippen LogP contribution in [0.3, 0.4) is 0 Å². The molecule has 0 saturated heterocycles. The third kappa shape index (κ3) is 2.48. The maximum Gasteiger partial charge on any atom is 0.124 e. The summed E-state index contributed by atoms with van der Waals surface area (Å²) in [6.45, 7) is 1.91. The quantitative estimate of drug-likeness (QED) is 0.709. The van der Waals surface area contributed by atoms with Gasteiger partial charge in [0, 0.05) is 10.4 Å². The van der Waals surface area contributed by atoms with Gasteiger partial charge in [0.1, 0.15) is 11.6 Å². The molecule has 0 spiro atoms. The monoisotopic (exact) mass is 304 g/mol. The lowest BCUT2D eigenvalue weighted by molar-refractivity contribution is 0.409. The van der Waals surface area contributed by atoms with Crippen LogP contribution in [-0.2, 0) is 0 Å². The van der Waals surface area contributed by atoms with Crippen LogP contribution in [0.15, 0.2) is 23.6 Å². The van der Waals surface area contributed by atoms with Crippen LogP contribution in [-0.4, -0.2) is 7.11 Å². The first-order valence-corrected chi connectivity index (χ1v) is 6.95. The first-order valence-electron chi connectivity index (χ1n) is 5.25. The molecule has 96 valence electrons. The Morgan fingerprint density at radius 2 is 2.11 bits per heavy atom. The van der Waals surface area contributed by atoms with E-state index in [0.717, 1.165) is 10.4 Å². The van der Waals surface area contributed by atoms with E-state index in [1.165, 1.54) is 30.6 Å². The Balaban J connectivity index is 2.48. The van der Waals surface area contributed by atoms with Crippen molar-refractivity contribution in [2.24, 2.45) is 0 Å². The maximum absolute atomic E-state index is 13.3. The molecular weight excluding hydrogens is 294 g/mol. The van der Waals surface area contributed by atoms with E-state index in [1.807, 2.05) is 12.3 Å². The molecular formula is C13H11Cl2FOS. The summed E-state index contributed by atoms with van der Waals surface area (Å²) in [5, 5.41) is 2.05. The van der Waals surface area contributed by atoms with E-state index in [1.54, 1.807) is 6.07 Å². The molecule has 0 fully saturated rings. The molecule has 0 amide bonds. The number of alkyl halides is 1. The predicted molar refractivity (Wildman–Crippen MR) is 74.7 cm³/mol. The predicted octanol–water partition coefficient (Wildman–Crippen LogP) is 5.19. The third-order valence-corrected chi connectivity index (χ3v) is 4.98. The van der Waals surface area contributed by atoms with Gasteiger partial charge in [0.25, 0.3) is 0 Å². The minimum Gasteiger partial charge on any atom is -0.496 e. The molecule has 0 saturated carbocycles. The van der Waals surface area contributed by atoms with E-state index in [0.29, 0.717) is 16.3 Å². The van der Waals surface area contributed by atoms with Gasteiger partial charge in [-0.15, -0.1) is 22.9 Å². The van der Waals surface area contributed by atoms with Gasteiger partial charge in [0.2, 0.25) is 0 Å². The Bertz CT molecular complexity index is 568. The molecule has 18 heavy (non-hydrogen) atoms. The normalized spacial score (nSPS) is 12.5. The van der Waals surface area contributed by atoms with Crippen molar-refractivity contribution in [3.8, 4) is 5.75 Å². The van der Waals surface area contributed by atoms with Crippen molar-refractivity contribution in [3.05, 3.63) is 50.4 Å². The van der Waals surface area contributed by atoms with Crippen LogP contribution < -0.4 is 4.74 Å². The van der Waals surface area contributed by atoms with Crippen molar-refractivity contribution in [2.45, 2.75) is 12.3 Å². The summed E-state index contributed by atoms with van der Waals surface area (Å²) in [4.78, 5) is 0.805. The minimum atomic E-state index is -0.512. The average Bonchev–Trinajstić information content (AvgIpc) is 2.69. The van der Waals surface area contributed by atoms with Gasteiger partial charge >= 0.3 is 0 Å². The largest absolute Gasteiger partial charge is 0.496 e. The summed E-state index contributed by atoms with van der Waals surface area (Å²) >= 11 is 14.0. The topological polar surface area (TPSA) is 9.23 Å². The highest BCUT2D eigenvalue weighted by atomic mass is 35.5. The Morgan fingerprint density at radius 3 is 2.67 bits per heavy atom. The molecule has 1 aromatic carbocycles. The van der Waals surface area contributed by atoms with E-state index < -0.39 is 5.38 Å². The van der Waals surface area contributed by atoms with Crippen molar-refractivity contribution in [1.82, 2.24) is 0 Å². The van der Waals surface area contributed by atoms with Gasteiger partial charge in [-0.25, -0.2) is 4.39 Å². The number of hydrogen-bond donors (Lipinski definition) is 0. The van der Waals surface area contributed by atoms with E-state index in [2.05, 4.69) is 0 Å². The second kappa shape index (κ2) is 5.47. The van der Waals surface area contributed by atoms with Crippen molar-refractivity contribution >= 4 is 34.5 Å². The molecule has 1 atom stereocenters. The molecule has 0 bridgehead atoms. The van der Waals surface area contributed by atoms with Gasteiger partial charge in [-0.2, -0.15) is 0 Å². The SMILES string of the molecule is COc1ccc(F)cc1C(Cl)c1scc(C)c1Cl. The highest BCUT2D eigenvalue weighted by Gasteiger charge is 2.21. The van der Waals surface area contributed by atoms with Crippen LogP contribution in [0.1, 0.15) is 21.4 Å². The van der Waals surface area contributed by atoms with Crippen LogP contribution in [0.25, 0.3) is 0 Å². The highest BCUT2D eigenvalue weighted by Crippen LogP contribution is 2.42. The van der Waals surface area contributed by atoms with Gasteiger partial charge in [-0.3, -0.25) is 0 Å². The second-order valence-corrected chi connectivity index (χ2v) is 5.57. The number of rotatable bonds is 3. The summed E-state index contributed by atoms with van der Waals surface area (Å²) in [5.41, 5.74) is 1.56. The first kappa shape index (κ1) is 13.7. The number of thiophene rings is 1. The fraction of sp³-hybridized carbons (Fsp3) is 0.231. The fourth-order valence-electron chi connectivity index (χ4n) is 1.67. The van der Waals surface area contributed by atoms with Crippen LogP contribution in [0, 0.1) is 12.7 Å². The molecule has 2 aromatic rings. The average molecular weight is 305 g/mol. The summed E-state index contributed by atoms with van der Waals surface area (Å²) < 4.78 is 18.5. The molecule has 5 heteroatoms. The maximum atomic E-state index is 13.3. The first-order chi connectivity index (χ1) is 8.54. The zero-order valence-corrected chi connectivity index (χ0v) is 12.2. The molecule has 1 nitrogen and oxygen atoms in total. The lowest BCUT2D eigenvalue weighted by Gasteiger charge is -2.13. The van der Waals surface area contributed by atoms with Gasteiger partial charge in [-0.05, 0) is 36.1 Å². The second-order valence-electron chi connectivity index (χ2n) is 3.85. The number of ether oxygens (including phenoxy) is 1. The Labute approximate surface area is 119 Å². The van der Waals surface area contributed by atoms with Crippen molar-refractivity contribution < 1.29 is 9.13 Å². The molecule has 1 aromatic heterocycles. The van der Waals surface area contributed by atoms with Crippen molar-refractivity contribution in [2.75, 3.05) is 7.11 Å². The van der Waals surface area contributed by atoms with Gasteiger partial charge < -0.3 is 4.74 Å². The Morgan fingerprint density at radius 1 is 1.39 bits per heavy atom. The van der Waals surface area contributed by atoms with Crippen LogP contribution in [0.5, 0.6) is 5.75 Å². The number of halogens is 3. The summed E-state index contributed by atoms with van der Waals surface area (Å²) in [6.07, 6.45) is 0. The number of methoxy groups -OCH3 is 1. The van der Waals surface area contributed by atoms with E-state index >= 15 is 0 Å². The number of hydrogen-bond acceptors (Lipinski definition) is 2. The molecule has 0 aliphatic heterocycles. The molecule has 0 radical (unpaired) electrons. The molecule has 0 aliphatic carbocycles. The van der Waals surface area contributed by atoms with Crippen molar-refractivity contribution in [1.29, 1.82) is 0 Å². The highest BCUT2D eigenvalue weighted by molar-refractivity contribution is 7.11. The number of aryl methyl sites for hydroxylation is 1. The van der Waals surface area contributed by atoms with Gasteiger partial charge in [0.15, 0.2) is 0 Å². The molecule has 1 unspecified atom stereocenters. The molecule has 2 rings (SSSR count). The zero-order chi connectivity index (χ0) is 13.3.